The number of carbonyl (C=O) groups excluding carboxylic acids is 2. The molecule has 1 saturated heterocycles. The minimum Gasteiger partial charge on any atom is -0.392 e. The van der Waals surface area contributed by atoms with Crippen molar-refractivity contribution in [2.45, 2.75) is 44.8 Å². The van der Waals surface area contributed by atoms with Gasteiger partial charge in [-0.05, 0) is 44.7 Å². The van der Waals surface area contributed by atoms with Crippen LogP contribution in [0, 0.1) is 5.92 Å². The molecule has 23 heavy (non-hydrogen) atoms. The molecule has 1 heterocycles. The van der Waals surface area contributed by atoms with Gasteiger partial charge in [-0.25, -0.2) is 0 Å². The summed E-state index contributed by atoms with van der Waals surface area (Å²) in [6, 6.07) is 9.17. The number of aliphatic hydroxyl groups excluding tert-OH is 1. The van der Waals surface area contributed by atoms with E-state index in [4.69, 9.17) is 0 Å². The third-order valence-corrected chi connectivity index (χ3v) is 5.04. The van der Waals surface area contributed by atoms with E-state index in [1.54, 1.807) is 9.80 Å². The fourth-order valence-electron chi connectivity index (χ4n) is 3.79. The largest absolute Gasteiger partial charge is 0.392 e. The number of hydrogen-bond donors (Lipinski definition) is 1. The van der Waals surface area contributed by atoms with Crippen LogP contribution < -0.4 is 4.90 Å². The molecule has 0 spiro atoms. The Bertz CT molecular complexity index is 575. The number of amides is 2. The lowest BCUT2D eigenvalue weighted by Crippen LogP contribution is -2.48. The van der Waals surface area contributed by atoms with Crippen LogP contribution in [-0.2, 0) is 9.59 Å². The molecule has 1 N–H and O–H groups in total. The van der Waals surface area contributed by atoms with Gasteiger partial charge in [0.05, 0.1) is 12.0 Å². The molecule has 5 nitrogen and oxygen atoms in total. The van der Waals surface area contributed by atoms with Gasteiger partial charge in [0, 0.05) is 18.8 Å². The molecule has 0 bridgehead atoms. The number of benzene rings is 1. The molecule has 3 atom stereocenters. The minimum atomic E-state index is -0.557. The number of aliphatic hydroxyl groups is 1. The van der Waals surface area contributed by atoms with E-state index in [9.17, 15) is 14.7 Å². The number of rotatable bonds is 4. The van der Waals surface area contributed by atoms with Gasteiger partial charge in [0.1, 0.15) is 6.04 Å². The van der Waals surface area contributed by atoms with E-state index < -0.39 is 12.1 Å². The number of nitrogens with zero attached hydrogens (tertiary/aromatic N) is 2. The molecule has 3 unspecified atom stereocenters. The van der Waals surface area contributed by atoms with E-state index in [-0.39, 0.29) is 17.7 Å². The normalized spacial score (nSPS) is 27.5. The predicted molar refractivity (Wildman–Crippen MR) is 87.9 cm³/mol. The highest BCUT2D eigenvalue weighted by Crippen LogP contribution is 2.30. The molecule has 1 aromatic carbocycles. The Balaban J connectivity index is 1.75. The fraction of sp³-hybridized carbons (Fsp3) is 0.556. The quantitative estimate of drug-likeness (QED) is 0.921. The van der Waals surface area contributed by atoms with E-state index in [1.165, 1.54) is 0 Å². The second kappa shape index (κ2) is 6.71. The fourth-order valence-corrected chi connectivity index (χ4v) is 3.79. The van der Waals surface area contributed by atoms with Gasteiger partial charge in [-0.2, -0.15) is 0 Å². The van der Waals surface area contributed by atoms with Crippen LogP contribution in [0.3, 0.4) is 0 Å². The van der Waals surface area contributed by atoms with Crippen molar-refractivity contribution in [1.29, 1.82) is 0 Å². The Hall–Kier alpha value is -1.88. The number of likely N-dealkylation sites (N-methyl/N-ethyl adjacent to an activating group) is 1. The van der Waals surface area contributed by atoms with Crippen LogP contribution in [0.5, 0.6) is 0 Å². The summed E-state index contributed by atoms with van der Waals surface area (Å²) in [6.45, 7) is 3.03. The van der Waals surface area contributed by atoms with Crippen LogP contribution in [0.4, 0.5) is 5.69 Å². The summed E-state index contributed by atoms with van der Waals surface area (Å²) in [7, 11) is 0. The summed E-state index contributed by atoms with van der Waals surface area (Å²) in [5, 5.41) is 10.00. The number of anilines is 1. The lowest BCUT2D eigenvalue weighted by molar-refractivity contribution is -0.143. The molecule has 5 heteroatoms. The van der Waals surface area contributed by atoms with E-state index >= 15 is 0 Å². The first-order valence-corrected chi connectivity index (χ1v) is 8.48. The summed E-state index contributed by atoms with van der Waals surface area (Å²) >= 11 is 0. The molecule has 1 saturated carbocycles. The Morgan fingerprint density at radius 2 is 2.00 bits per heavy atom. The highest BCUT2D eigenvalue weighted by atomic mass is 16.3. The van der Waals surface area contributed by atoms with E-state index in [0.717, 1.165) is 18.5 Å². The Morgan fingerprint density at radius 3 is 2.61 bits per heavy atom. The maximum absolute atomic E-state index is 12.8. The number of carbonyl (C=O) groups is 2. The van der Waals surface area contributed by atoms with E-state index in [0.29, 0.717) is 25.9 Å². The van der Waals surface area contributed by atoms with Gasteiger partial charge >= 0.3 is 0 Å². The first-order valence-electron chi connectivity index (χ1n) is 8.48. The van der Waals surface area contributed by atoms with Crippen molar-refractivity contribution in [2.75, 3.05) is 18.0 Å². The van der Waals surface area contributed by atoms with Crippen LogP contribution in [0.25, 0.3) is 0 Å². The van der Waals surface area contributed by atoms with Gasteiger partial charge in [0.25, 0.3) is 0 Å². The van der Waals surface area contributed by atoms with Gasteiger partial charge in [-0.3, -0.25) is 9.59 Å². The van der Waals surface area contributed by atoms with Gasteiger partial charge in [-0.1, -0.05) is 18.2 Å². The molecule has 124 valence electrons. The Labute approximate surface area is 136 Å². The SMILES string of the molecule is CCN(C(=O)C1CCCC1O)C1CCN(c2ccccc2)C1=O. The molecular weight excluding hydrogens is 292 g/mol. The second-order valence-electron chi connectivity index (χ2n) is 6.36. The smallest absolute Gasteiger partial charge is 0.249 e. The van der Waals surface area contributed by atoms with Crippen molar-refractivity contribution in [2.24, 2.45) is 5.92 Å². The average Bonchev–Trinajstić information content (AvgIpc) is 3.15. The van der Waals surface area contributed by atoms with Crippen LogP contribution >= 0.6 is 0 Å². The lowest BCUT2D eigenvalue weighted by atomic mass is 10.0. The van der Waals surface area contributed by atoms with E-state index in [1.807, 2.05) is 37.3 Å². The minimum absolute atomic E-state index is 0.0149. The first kappa shape index (κ1) is 16.0. The molecule has 2 aliphatic rings. The van der Waals surface area contributed by atoms with Crippen molar-refractivity contribution in [1.82, 2.24) is 4.90 Å². The predicted octanol–water partition coefficient (Wildman–Crippen LogP) is 1.80. The van der Waals surface area contributed by atoms with Crippen LogP contribution in [-0.4, -0.2) is 47.1 Å². The van der Waals surface area contributed by atoms with Crippen LogP contribution in [0.1, 0.15) is 32.6 Å². The summed E-state index contributed by atoms with van der Waals surface area (Å²) in [6.07, 6.45) is 2.38. The van der Waals surface area contributed by atoms with Crippen molar-refractivity contribution in [3.8, 4) is 0 Å². The standard InChI is InChI=1S/C18H24N2O3/c1-2-19(17(22)14-9-6-10-16(14)21)15-11-12-20(18(15)23)13-7-4-3-5-8-13/h3-5,7-8,14-16,21H,2,6,9-12H2,1H3. The highest BCUT2D eigenvalue weighted by Gasteiger charge is 2.42. The van der Waals surface area contributed by atoms with Gasteiger partial charge in [0.2, 0.25) is 11.8 Å². The zero-order valence-electron chi connectivity index (χ0n) is 13.5. The maximum Gasteiger partial charge on any atom is 0.249 e. The molecule has 1 aliphatic heterocycles. The lowest BCUT2D eigenvalue weighted by Gasteiger charge is -2.30. The first-order chi connectivity index (χ1) is 11.1. The molecule has 1 aliphatic carbocycles. The number of para-hydroxylation sites is 1. The topological polar surface area (TPSA) is 60.9 Å². The Morgan fingerprint density at radius 1 is 1.26 bits per heavy atom. The second-order valence-corrected chi connectivity index (χ2v) is 6.36. The molecule has 3 rings (SSSR count). The highest BCUT2D eigenvalue weighted by molar-refractivity contribution is 6.01. The maximum atomic E-state index is 12.8. The molecule has 0 aromatic heterocycles. The Kier molecular flexibility index (Phi) is 4.66. The third-order valence-electron chi connectivity index (χ3n) is 5.04. The zero-order valence-corrected chi connectivity index (χ0v) is 13.5. The third kappa shape index (κ3) is 2.98. The summed E-state index contributed by atoms with van der Waals surface area (Å²) < 4.78 is 0. The summed E-state index contributed by atoms with van der Waals surface area (Å²) in [5.41, 5.74) is 0.879. The van der Waals surface area contributed by atoms with Crippen LogP contribution in [0.2, 0.25) is 0 Å². The number of hydrogen-bond acceptors (Lipinski definition) is 3. The molecular formula is C18H24N2O3. The van der Waals surface area contributed by atoms with Crippen molar-refractivity contribution < 1.29 is 14.7 Å². The molecule has 1 aromatic rings. The van der Waals surface area contributed by atoms with Crippen molar-refractivity contribution >= 4 is 17.5 Å². The van der Waals surface area contributed by atoms with Gasteiger partial charge in [-0.15, -0.1) is 0 Å². The molecule has 2 fully saturated rings. The van der Waals surface area contributed by atoms with Gasteiger partial charge < -0.3 is 14.9 Å². The van der Waals surface area contributed by atoms with Crippen molar-refractivity contribution in [3.05, 3.63) is 30.3 Å². The van der Waals surface area contributed by atoms with E-state index in [2.05, 4.69) is 0 Å². The summed E-state index contributed by atoms with van der Waals surface area (Å²) in [4.78, 5) is 29.0. The van der Waals surface area contributed by atoms with Gasteiger partial charge in [0.15, 0.2) is 0 Å². The monoisotopic (exact) mass is 316 g/mol. The van der Waals surface area contributed by atoms with Crippen LogP contribution in [0.15, 0.2) is 30.3 Å². The average molecular weight is 316 g/mol. The molecule has 2 amide bonds. The molecule has 0 radical (unpaired) electrons. The van der Waals surface area contributed by atoms with Crippen molar-refractivity contribution in [3.63, 3.8) is 0 Å². The summed E-state index contributed by atoms with van der Waals surface area (Å²) in [5.74, 6) is -0.418. The zero-order chi connectivity index (χ0) is 16.4.